The number of nitrogens with one attached hydrogen (secondary N) is 3. The maximum Gasteiger partial charge on any atom is 0.243 e. The van der Waals surface area contributed by atoms with E-state index in [1.54, 1.807) is 10.9 Å². The van der Waals surface area contributed by atoms with Crippen molar-refractivity contribution in [2.45, 2.75) is 58.3 Å². The van der Waals surface area contributed by atoms with Gasteiger partial charge < -0.3 is 20.7 Å². The Morgan fingerprint density at radius 3 is 2.54 bits per heavy atom. The minimum atomic E-state index is -0.840. The van der Waals surface area contributed by atoms with Crippen molar-refractivity contribution in [1.82, 2.24) is 40.8 Å². The van der Waals surface area contributed by atoms with Gasteiger partial charge in [0.2, 0.25) is 17.7 Å². The fraction of sp³-hybridized carbons (Fsp3) is 0.389. The summed E-state index contributed by atoms with van der Waals surface area (Å²) in [6.45, 7) is 6.81. The molecule has 12 heteroatoms. The Morgan fingerprint density at radius 2 is 1.75 bits per heavy atom. The van der Waals surface area contributed by atoms with E-state index >= 15 is 0 Å². The number of aromatic nitrogens is 4. The lowest BCUT2D eigenvalue weighted by Crippen LogP contribution is -2.56. The molecule has 2 atom stereocenters. The van der Waals surface area contributed by atoms with Crippen LogP contribution in [0.2, 0.25) is 0 Å². The molecule has 0 unspecified atom stereocenters. The molecule has 3 heterocycles. The molecule has 0 radical (unpaired) electrons. The van der Waals surface area contributed by atoms with Gasteiger partial charge in [0.15, 0.2) is 0 Å². The standard InChI is InChI=1S/C36H44N8O4/c1-26(2)34-36(47)39-32(22-27-9-4-3-5-10-27)35(46)38-16-18-43(24-29-12-6-7-15-37-29)17-14-30-25-44(42-41-30)19-20-48-31-13-8-11-28(21-31)23-33(45)40-34/h3-13,15,21,25-26,32,34H,14,16-20,22-24H2,1-2H3,(H,38,46)(H,39,47)(H,40,45)/t32-,34+/m0/s1. The Morgan fingerprint density at radius 1 is 0.917 bits per heavy atom. The zero-order chi connectivity index (χ0) is 33.7. The highest BCUT2D eigenvalue weighted by atomic mass is 16.5. The van der Waals surface area contributed by atoms with Crippen molar-refractivity contribution >= 4 is 17.7 Å². The van der Waals surface area contributed by atoms with Crippen molar-refractivity contribution in [2.75, 3.05) is 26.2 Å². The lowest BCUT2D eigenvalue weighted by molar-refractivity contribution is -0.132. The van der Waals surface area contributed by atoms with Crippen molar-refractivity contribution in [3.05, 3.63) is 108 Å². The van der Waals surface area contributed by atoms with Crippen LogP contribution in [0.1, 0.15) is 36.4 Å². The van der Waals surface area contributed by atoms with Crippen LogP contribution >= 0.6 is 0 Å². The highest BCUT2D eigenvalue weighted by molar-refractivity contribution is 5.92. The van der Waals surface area contributed by atoms with Gasteiger partial charge in [0.25, 0.3) is 0 Å². The Bertz CT molecular complexity index is 1630. The first-order chi connectivity index (χ1) is 23.3. The molecule has 1 aliphatic heterocycles. The second-order valence-corrected chi connectivity index (χ2v) is 12.3. The molecule has 0 aliphatic carbocycles. The second kappa shape index (κ2) is 17.2. The van der Waals surface area contributed by atoms with Gasteiger partial charge in [-0.3, -0.25) is 24.3 Å². The third kappa shape index (κ3) is 10.5. The Kier molecular flexibility index (Phi) is 12.2. The van der Waals surface area contributed by atoms with E-state index in [9.17, 15) is 14.4 Å². The highest BCUT2D eigenvalue weighted by Crippen LogP contribution is 2.15. The van der Waals surface area contributed by atoms with Crippen LogP contribution in [0.25, 0.3) is 0 Å². The molecule has 3 N–H and O–H groups in total. The maximum atomic E-state index is 13.7. The van der Waals surface area contributed by atoms with E-state index in [-0.39, 0.29) is 24.2 Å². The number of fused-ring (bicyclic) bond motifs is 4. The molecule has 48 heavy (non-hydrogen) atoms. The minimum Gasteiger partial charge on any atom is -0.492 e. The number of amides is 3. The molecule has 252 valence electrons. The molecule has 12 nitrogen and oxygen atoms in total. The molecule has 0 saturated heterocycles. The van der Waals surface area contributed by atoms with Crippen LogP contribution in [0.5, 0.6) is 5.75 Å². The van der Waals surface area contributed by atoms with Crippen molar-refractivity contribution in [1.29, 1.82) is 0 Å². The number of pyridine rings is 1. The summed E-state index contributed by atoms with van der Waals surface area (Å²) in [5, 5.41) is 17.5. The van der Waals surface area contributed by atoms with Crippen LogP contribution in [-0.4, -0.2) is 80.9 Å². The third-order valence-electron chi connectivity index (χ3n) is 8.14. The van der Waals surface area contributed by atoms with Crippen LogP contribution in [0.4, 0.5) is 0 Å². The summed E-state index contributed by atoms with van der Waals surface area (Å²) in [5.41, 5.74) is 3.43. The molecule has 1 aliphatic rings. The molecule has 2 aromatic heterocycles. The fourth-order valence-electron chi connectivity index (χ4n) is 5.55. The molecule has 4 aromatic rings. The van der Waals surface area contributed by atoms with Crippen molar-refractivity contribution in [3.63, 3.8) is 0 Å². The van der Waals surface area contributed by atoms with E-state index in [2.05, 4.69) is 36.1 Å². The number of hydrogen-bond donors (Lipinski definition) is 3. The van der Waals surface area contributed by atoms with Crippen molar-refractivity contribution in [2.24, 2.45) is 5.92 Å². The maximum absolute atomic E-state index is 13.7. The summed E-state index contributed by atoms with van der Waals surface area (Å²) in [4.78, 5) is 47.2. The molecule has 0 saturated carbocycles. The summed E-state index contributed by atoms with van der Waals surface area (Å²) in [7, 11) is 0. The van der Waals surface area contributed by atoms with Gasteiger partial charge in [0, 0.05) is 51.4 Å². The summed E-state index contributed by atoms with van der Waals surface area (Å²) in [6.07, 6.45) is 4.72. The van der Waals surface area contributed by atoms with Crippen LogP contribution in [0.3, 0.4) is 0 Å². The molecular weight excluding hydrogens is 608 g/mol. The first-order valence-corrected chi connectivity index (χ1v) is 16.5. The van der Waals surface area contributed by atoms with Gasteiger partial charge in [0.05, 0.1) is 24.4 Å². The normalized spacial score (nSPS) is 19.1. The van der Waals surface area contributed by atoms with Crippen LogP contribution in [0.15, 0.2) is 85.2 Å². The average Bonchev–Trinajstić information content (AvgIpc) is 3.54. The highest BCUT2D eigenvalue weighted by Gasteiger charge is 2.29. The average molecular weight is 653 g/mol. The van der Waals surface area contributed by atoms with Gasteiger partial charge in [-0.25, -0.2) is 4.68 Å². The summed E-state index contributed by atoms with van der Waals surface area (Å²) < 4.78 is 7.72. The lowest BCUT2D eigenvalue weighted by Gasteiger charge is -2.26. The lowest BCUT2D eigenvalue weighted by atomic mass is 10.0. The predicted octanol–water partition coefficient (Wildman–Crippen LogP) is 2.34. The van der Waals surface area contributed by atoms with Crippen LogP contribution in [0, 0.1) is 5.92 Å². The minimum absolute atomic E-state index is 0.0725. The van der Waals surface area contributed by atoms with Gasteiger partial charge in [-0.05, 0) is 41.3 Å². The molecule has 0 fully saturated rings. The molecule has 3 amide bonds. The molecular formula is C36H44N8O4. The number of nitrogens with zero attached hydrogens (tertiary/aromatic N) is 5. The number of hydrogen-bond acceptors (Lipinski definition) is 8. The Balaban J connectivity index is 1.37. The van der Waals surface area contributed by atoms with Gasteiger partial charge in [0.1, 0.15) is 24.4 Å². The predicted molar refractivity (Wildman–Crippen MR) is 181 cm³/mol. The fourth-order valence-corrected chi connectivity index (χ4v) is 5.55. The number of rotatable bonds is 5. The second-order valence-electron chi connectivity index (χ2n) is 12.3. The van der Waals surface area contributed by atoms with E-state index in [1.165, 1.54) is 0 Å². The monoisotopic (exact) mass is 652 g/mol. The first kappa shape index (κ1) is 34.2. The molecule has 4 bridgehead atoms. The zero-order valence-corrected chi connectivity index (χ0v) is 27.5. The molecule has 0 spiro atoms. The van der Waals surface area contributed by atoms with E-state index in [1.807, 2.05) is 92.8 Å². The first-order valence-electron chi connectivity index (χ1n) is 16.5. The third-order valence-corrected chi connectivity index (χ3v) is 8.14. The van der Waals surface area contributed by atoms with Crippen molar-refractivity contribution < 1.29 is 19.1 Å². The van der Waals surface area contributed by atoms with Crippen LogP contribution < -0.4 is 20.7 Å². The van der Waals surface area contributed by atoms with E-state index in [4.69, 9.17) is 4.74 Å². The topological polar surface area (TPSA) is 143 Å². The quantitative estimate of drug-likeness (QED) is 0.298. The zero-order valence-electron chi connectivity index (χ0n) is 27.5. The Labute approximate surface area is 281 Å². The van der Waals surface area contributed by atoms with E-state index in [0.29, 0.717) is 57.9 Å². The van der Waals surface area contributed by atoms with E-state index < -0.39 is 18.0 Å². The van der Waals surface area contributed by atoms with E-state index in [0.717, 1.165) is 22.5 Å². The van der Waals surface area contributed by atoms with Gasteiger partial charge >= 0.3 is 0 Å². The molecule has 5 rings (SSSR count). The number of benzene rings is 2. The van der Waals surface area contributed by atoms with Crippen molar-refractivity contribution in [3.8, 4) is 5.75 Å². The SMILES string of the molecule is CC(C)[C@H]1NC(=O)Cc2cccc(c2)OCCn2cc(nn2)CCN(Cc2ccccn2)CCNC(=O)[C@H](Cc2ccccc2)NC1=O. The summed E-state index contributed by atoms with van der Waals surface area (Å²) >= 11 is 0. The molecule has 2 aromatic carbocycles. The smallest absolute Gasteiger partial charge is 0.243 e. The summed E-state index contributed by atoms with van der Waals surface area (Å²) in [5.74, 6) is -0.578. The number of carbonyl (C=O) groups is 3. The van der Waals surface area contributed by atoms with Gasteiger partial charge in [-0.15, -0.1) is 5.10 Å². The number of carbonyl (C=O) groups excluding carboxylic acids is 3. The van der Waals surface area contributed by atoms with Gasteiger partial charge in [-0.1, -0.05) is 67.6 Å². The Hall–Kier alpha value is -5.10. The van der Waals surface area contributed by atoms with Gasteiger partial charge in [-0.2, -0.15) is 0 Å². The summed E-state index contributed by atoms with van der Waals surface area (Å²) in [6, 6.07) is 21.1. The van der Waals surface area contributed by atoms with Crippen LogP contribution in [-0.2, 0) is 46.7 Å². The largest absolute Gasteiger partial charge is 0.492 e. The number of ether oxygens (including phenoxy) is 1.